The largest absolute Gasteiger partial charge is 0.393 e. The van der Waals surface area contributed by atoms with Crippen LogP contribution in [0, 0.1) is 45.3 Å². The lowest BCUT2D eigenvalue weighted by atomic mass is 9.34. The van der Waals surface area contributed by atoms with E-state index in [1.54, 1.807) is 0 Å². The monoisotopic (exact) mass is 708 g/mol. The highest BCUT2D eigenvalue weighted by molar-refractivity contribution is 5.22. The summed E-state index contributed by atoms with van der Waals surface area (Å²) in [7, 11) is 0. The number of aliphatic hydroxyl groups excluding tert-OH is 5. The Morgan fingerprint density at radius 1 is 0.840 bits per heavy atom. The van der Waals surface area contributed by atoms with Gasteiger partial charge in [-0.15, -0.1) is 0 Å². The van der Waals surface area contributed by atoms with Gasteiger partial charge in [0.25, 0.3) is 0 Å². The molecule has 0 aromatic carbocycles. The highest BCUT2D eigenvalue weighted by Crippen LogP contribution is 2.76. The number of ether oxygens (including phenoxy) is 4. The predicted octanol–water partition coefficient (Wildman–Crippen LogP) is 4.46. The van der Waals surface area contributed by atoms with E-state index >= 15 is 0 Å². The van der Waals surface area contributed by atoms with E-state index in [0.717, 1.165) is 38.5 Å². The first-order valence-corrected chi connectivity index (χ1v) is 19.6. The second-order valence-corrected chi connectivity index (χ2v) is 19.1. The van der Waals surface area contributed by atoms with E-state index in [9.17, 15) is 30.6 Å². The van der Waals surface area contributed by atoms with Gasteiger partial charge in [0.2, 0.25) is 0 Å². The van der Waals surface area contributed by atoms with Crippen LogP contribution in [0.4, 0.5) is 0 Å². The van der Waals surface area contributed by atoms with Crippen LogP contribution in [-0.4, -0.2) is 105 Å². The van der Waals surface area contributed by atoms with Gasteiger partial charge >= 0.3 is 0 Å². The Bertz CT molecular complexity index is 1230. The van der Waals surface area contributed by atoms with Crippen molar-refractivity contribution in [1.82, 2.24) is 0 Å². The Hall–Kier alpha value is -0.660. The van der Waals surface area contributed by atoms with Crippen molar-refractivity contribution in [2.45, 2.75) is 181 Å². The zero-order chi connectivity index (χ0) is 36.6. The van der Waals surface area contributed by atoms with E-state index < -0.39 is 60.2 Å². The molecule has 2 heterocycles. The summed E-state index contributed by atoms with van der Waals surface area (Å²) in [4.78, 5) is 0. The molecule has 6 fully saturated rings. The van der Waals surface area contributed by atoms with Crippen LogP contribution >= 0.6 is 0 Å². The lowest BCUT2D eigenvalue weighted by molar-refractivity contribution is -0.345. The molecule has 6 rings (SSSR count). The molecular weight excluding hydrogens is 640 g/mol. The maximum Gasteiger partial charge on any atom is 0.186 e. The highest BCUT2D eigenvalue weighted by atomic mass is 16.7. The molecule has 4 aliphatic carbocycles. The van der Waals surface area contributed by atoms with Crippen LogP contribution in [0.1, 0.15) is 120 Å². The van der Waals surface area contributed by atoms with Crippen molar-refractivity contribution in [3.8, 4) is 0 Å². The first-order valence-electron chi connectivity index (χ1n) is 19.6. The normalized spacial score (nSPS) is 51.5. The Morgan fingerprint density at radius 3 is 2.24 bits per heavy atom. The molecule has 50 heavy (non-hydrogen) atoms. The third-order valence-electron chi connectivity index (χ3n) is 15.5. The number of hydrogen-bond donors (Lipinski definition) is 6. The summed E-state index contributed by atoms with van der Waals surface area (Å²) in [6.45, 7) is 18.0. The molecule has 0 aromatic rings. The van der Waals surface area contributed by atoms with Crippen LogP contribution < -0.4 is 0 Å². The summed E-state index contributed by atoms with van der Waals surface area (Å²) >= 11 is 0. The molecule has 6 unspecified atom stereocenters. The smallest absolute Gasteiger partial charge is 0.186 e. The fourth-order valence-electron chi connectivity index (χ4n) is 12.8. The van der Waals surface area contributed by atoms with Gasteiger partial charge in [0.1, 0.15) is 24.4 Å². The zero-order valence-corrected chi connectivity index (χ0v) is 31.9. The minimum atomic E-state index is -1.41. The Morgan fingerprint density at radius 2 is 1.54 bits per heavy atom. The quantitative estimate of drug-likeness (QED) is 0.157. The number of aliphatic hydroxyl groups is 6. The average Bonchev–Trinajstić information content (AvgIpc) is 3.42. The van der Waals surface area contributed by atoms with Crippen LogP contribution in [0.2, 0.25) is 0 Å². The van der Waals surface area contributed by atoms with E-state index in [1.165, 1.54) is 5.57 Å². The first kappa shape index (κ1) is 39.0. The molecule has 0 radical (unpaired) electrons. The highest BCUT2D eigenvalue weighted by Gasteiger charge is 2.73. The van der Waals surface area contributed by atoms with Crippen molar-refractivity contribution in [2.24, 2.45) is 45.3 Å². The zero-order valence-electron chi connectivity index (χ0n) is 31.9. The van der Waals surface area contributed by atoms with Crippen molar-refractivity contribution in [2.75, 3.05) is 13.2 Å². The SMILES string of the molecule is CC(C)=CCC[C@](C)(O)C1CC[C@]2(C)C1[C@H](O)CC1[C@@]3(C)CC[C@H](O)C(C)(C)C3[C@@H](O[C@@H]3OCCCC3O[C@@H]3OC[C@H](O)[C@H](O)C3O)C[C@]12C. The molecule has 10 nitrogen and oxygen atoms in total. The summed E-state index contributed by atoms with van der Waals surface area (Å²) in [5, 5.41) is 66.7. The lowest BCUT2D eigenvalue weighted by Crippen LogP contribution is -2.70. The van der Waals surface area contributed by atoms with Crippen LogP contribution in [0.3, 0.4) is 0 Å². The first-order chi connectivity index (χ1) is 23.3. The third kappa shape index (κ3) is 6.37. The van der Waals surface area contributed by atoms with Crippen LogP contribution in [0.5, 0.6) is 0 Å². The van der Waals surface area contributed by atoms with Crippen molar-refractivity contribution < 1.29 is 49.6 Å². The van der Waals surface area contributed by atoms with Crippen molar-refractivity contribution in [3.63, 3.8) is 0 Å². The molecule has 17 atom stereocenters. The van der Waals surface area contributed by atoms with Gasteiger partial charge in [-0.05, 0) is 130 Å². The topological polar surface area (TPSA) is 158 Å². The molecule has 0 bridgehead atoms. The summed E-state index contributed by atoms with van der Waals surface area (Å²) in [5.74, 6) is 0.0845. The number of allylic oxidation sites excluding steroid dienone is 2. The standard InChI is InChI=1S/C40H68O10/c1-22(2)11-9-15-40(8,46)23-13-17-38(6)30(23)24(41)19-28-37(5)16-14-29(43)36(3,4)33(37)27(20-39(28,38)7)50-34-26(12-10-18-47-34)49-35-32(45)31(44)25(42)21-48-35/h11,23-35,41-46H,9-10,12-21H2,1-8H3/t23?,24-,25+,26?,27+,28?,29+,30?,31+,32?,33?,34+,35+,37-,38-,39-,40+/m1/s1. The average molecular weight is 709 g/mol. The summed E-state index contributed by atoms with van der Waals surface area (Å²) < 4.78 is 25.4. The minimum absolute atomic E-state index is 0.0180. The van der Waals surface area contributed by atoms with Gasteiger partial charge in [-0.3, -0.25) is 0 Å². The molecule has 4 saturated carbocycles. The van der Waals surface area contributed by atoms with Gasteiger partial charge in [-0.1, -0.05) is 46.3 Å². The molecule has 0 aromatic heterocycles. The van der Waals surface area contributed by atoms with E-state index in [0.29, 0.717) is 32.3 Å². The molecule has 6 aliphatic rings. The Labute approximate surface area is 299 Å². The third-order valence-corrected chi connectivity index (χ3v) is 15.5. The van der Waals surface area contributed by atoms with Gasteiger partial charge in [0, 0.05) is 6.61 Å². The fourth-order valence-corrected chi connectivity index (χ4v) is 12.8. The van der Waals surface area contributed by atoms with E-state index in [2.05, 4.69) is 54.5 Å². The van der Waals surface area contributed by atoms with E-state index in [1.807, 2.05) is 6.92 Å². The van der Waals surface area contributed by atoms with Gasteiger partial charge in [-0.25, -0.2) is 0 Å². The van der Waals surface area contributed by atoms with Crippen LogP contribution in [-0.2, 0) is 18.9 Å². The van der Waals surface area contributed by atoms with Crippen molar-refractivity contribution in [3.05, 3.63) is 11.6 Å². The molecule has 2 saturated heterocycles. The molecule has 0 amide bonds. The van der Waals surface area contributed by atoms with Crippen molar-refractivity contribution in [1.29, 1.82) is 0 Å². The maximum absolute atomic E-state index is 12.2. The molecule has 0 spiro atoms. The van der Waals surface area contributed by atoms with Gasteiger partial charge in [0.05, 0.1) is 30.5 Å². The molecule has 6 N–H and O–H groups in total. The van der Waals surface area contributed by atoms with Gasteiger partial charge in [-0.2, -0.15) is 0 Å². The van der Waals surface area contributed by atoms with Crippen molar-refractivity contribution >= 4 is 0 Å². The number of hydrogen-bond acceptors (Lipinski definition) is 10. The van der Waals surface area contributed by atoms with Crippen LogP contribution in [0.15, 0.2) is 11.6 Å². The summed E-state index contributed by atoms with van der Waals surface area (Å²) in [6, 6.07) is 0. The Balaban J connectivity index is 1.33. The second kappa shape index (κ2) is 13.9. The summed E-state index contributed by atoms with van der Waals surface area (Å²) in [6.07, 6.45) is 1.95. The van der Waals surface area contributed by atoms with Crippen LogP contribution in [0.25, 0.3) is 0 Å². The minimum Gasteiger partial charge on any atom is -0.393 e. The molecule has 288 valence electrons. The fraction of sp³-hybridized carbons (Fsp3) is 0.950. The summed E-state index contributed by atoms with van der Waals surface area (Å²) in [5.41, 5.74) is -0.853. The number of rotatable bonds is 8. The lowest BCUT2D eigenvalue weighted by Gasteiger charge is -2.72. The second-order valence-electron chi connectivity index (χ2n) is 19.1. The molecule has 2 aliphatic heterocycles. The molecular formula is C40H68O10. The predicted molar refractivity (Wildman–Crippen MR) is 188 cm³/mol. The van der Waals surface area contributed by atoms with E-state index in [-0.39, 0.29) is 52.6 Å². The van der Waals surface area contributed by atoms with E-state index in [4.69, 9.17) is 18.9 Å². The van der Waals surface area contributed by atoms with Gasteiger partial charge in [0.15, 0.2) is 12.6 Å². The Kier molecular flexibility index (Phi) is 10.8. The maximum atomic E-state index is 12.2. The molecule has 10 heteroatoms. The number of fused-ring (bicyclic) bond motifs is 5. The van der Waals surface area contributed by atoms with Gasteiger partial charge < -0.3 is 49.6 Å².